The minimum Gasteiger partial charge on any atom is -0.462 e. The number of amides is 1. The summed E-state index contributed by atoms with van der Waals surface area (Å²) in [5.74, 6) is -0.751. The summed E-state index contributed by atoms with van der Waals surface area (Å²) >= 11 is 1.09. The summed E-state index contributed by atoms with van der Waals surface area (Å²) in [4.78, 5) is 31.7. The molecule has 0 radical (unpaired) electrons. The average Bonchev–Trinajstić information content (AvgIpc) is 3.02. The Hall–Kier alpha value is -2.34. The van der Waals surface area contributed by atoms with E-state index in [-0.39, 0.29) is 34.8 Å². The first-order valence-electron chi connectivity index (χ1n) is 7.64. The standard InChI is InChI=1S/C15H19N5O3S/c1-2-23-13(22)10-7-18-14(19-12(10)17)24-8-11(21)20-15(9-16)5-3-4-6-15/h7H,2-6,8H2,1H3,(H,20,21)(H2,17,18,19). The van der Waals surface area contributed by atoms with Crippen molar-refractivity contribution in [3.05, 3.63) is 11.8 Å². The van der Waals surface area contributed by atoms with Crippen LogP contribution in [0.3, 0.4) is 0 Å². The van der Waals surface area contributed by atoms with Gasteiger partial charge in [0.15, 0.2) is 5.16 Å². The molecule has 0 saturated heterocycles. The number of ether oxygens (including phenoxy) is 1. The van der Waals surface area contributed by atoms with E-state index in [0.29, 0.717) is 12.8 Å². The molecule has 0 spiro atoms. The first kappa shape index (κ1) is 18.0. The lowest BCUT2D eigenvalue weighted by molar-refractivity contribution is -0.119. The number of nitrogens with zero attached hydrogens (tertiary/aromatic N) is 3. The van der Waals surface area contributed by atoms with E-state index in [9.17, 15) is 14.9 Å². The highest BCUT2D eigenvalue weighted by molar-refractivity contribution is 7.99. The second-order valence-corrected chi connectivity index (χ2v) is 6.35. The number of nitrogens with one attached hydrogen (secondary N) is 1. The lowest BCUT2D eigenvalue weighted by Gasteiger charge is -2.21. The molecule has 1 aliphatic rings. The van der Waals surface area contributed by atoms with Crippen LogP contribution >= 0.6 is 11.8 Å². The Balaban J connectivity index is 1.92. The third-order valence-corrected chi connectivity index (χ3v) is 4.54. The Bertz CT molecular complexity index is 668. The number of esters is 1. The van der Waals surface area contributed by atoms with Gasteiger partial charge in [-0.3, -0.25) is 4.79 Å². The molecule has 0 aromatic carbocycles. The zero-order chi connectivity index (χ0) is 17.6. The normalized spacial score (nSPS) is 15.5. The number of hydrogen-bond donors (Lipinski definition) is 2. The maximum Gasteiger partial charge on any atom is 0.343 e. The summed E-state index contributed by atoms with van der Waals surface area (Å²) in [5, 5.41) is 12.3. The number of nitrogen functional groups attached to an aromatic ring is 1. The van der Waals surface area contributed by atoms with E-state index in [4.69, 9.17) is 10.5 Å². The quantitative estimate of drug-likeness (QED) is 0.446. The molecular formula is C15H19N5O3S. The molecule has 1 fully saturated rings. The number of hydrogen-bond acceptors (Lipinski definition) is 8. The van der Waals surface area contributed by atoms with Crippen LogP contribution in [0.4, 0.5) is 5.82 Å². The van der Waals surface area contributed by atoms with Gasteiger partial charge in [0.1, 0.15) is 16.9 Å². The van der Waals surface area contributed by atoms with Gasteiger partial charge >= 0.3 is 5.97 Å². The molecule has 24 heavy (non-hydrogen) atoms. The summed E-state index contributed by atoms with van der Waals surface area (Å²) in [6.45, 7) is 1.92. The smallest absolute Gasteiger partial charge is 0.343 e. The largest absolute Gasteiger partial charge is 0.462 e. The van der Waals surface area contributed by atoms with E-state index in [0.717, 1.165) is 24.6 Å². The van der Waals surface area contributed by atoms with Crippen LogP contribution in [0.5, 0.6) is 0 Å². The number of thioether (sulfide) groups is 1. The van der Waals surface area contributed by atoms with Crippen LogP contribution in [0, 0.1) is 11.3 Å². The number of carbonyl (C=O) groups excluding carboxylic acids is 2. The Morgan fingerprint density at radius 2 is 2.21 bits per heavy atom. The lowest BCUT2D eigenvalue weighted by Crippen LogP contribution is -2.45. The minimum atomic E-state index is -0.745. The van der Waals surface area contributed by atoms with Crippen molar-refractivity contribution < 1.29 is 14.3 Å². The summed E-state index contributed by atoms with van der Waals surface area (Å²) in [5.41, 5.74) is 5.08. The maximum absolute atomic E-state index is 12.0. The average molecular weight is 349 g/mol. The molecule has 2 rings (SSSR count). The van der Waals surface area contributed by atoms with Crippen LogP contribution in [0.1, 0.15) is 43.0 Å². The Labute approximate surface area is 144 Å². The Morgan fingerprint density at radius 3 is 2.79 bits per heavy atom. The SMILES string of the molecule is CCOC(=O)c1cnc(SCC(=O)NC2(C#N)CCCC2)nc1N. The highest BCUT2D eigenvalue weighted by Crippen LogP contribution is 2.29. The molecule has 1 aromatic heterocycles. The van der Waals surface area contributed by atoms with Gasteiger partial charge in [0.2, 0.25) is 5.91 Å². The number of aromatic nitrogens is 2. The van der Waals surface area contributed by atoms with Crippen molar-refractivity contribution in [2.45, 2.75) is 43.3 Å². The number of rotatable bonds is 6. The summed E-state index contributed by atoms with van der Waals surface area (Å²) < 4.78 is 4.84. The van der Waals surface area contributed by atoms with Gasteiger partial charge in [-0.15, -0.1) is 0 Å². The molecule has 3 N–H and O–H groups in total. The van der Waals surface area contributed by atoms with Crippen LogP contribution < -0.4 is 11.1 Å². The zero-order valence-electron chi connectivity index (χ0n) is 13.4. The monoisotopic (exact) mass is 349 g/mol. The van der Waals surface area contributed by atoms with Crippen molar-refractivity contribution in [3.8, 4) is 6.07 Å². The molecule has 128 valence electrons. The lowest BCUT2D eigenvalue weighted by atomic mass is 10.0. The highest BCUT2D eigenvalue weighted by atomic mass is 32.2. The van der Waals surface area contributed by atoms with Gasteiger partial charge in [0.25, 0.3) is 0 Å². The second kappa shape index (κ2) is 7.97. The molecule has 0 unspecified atom stereocenters. The van der Waals surface area contributed by atoms with Gasteiger partial charge in [-0.2, -0.15) is 5.26 Å². The van der Waals surface area contributed by atoms with Crippen LogP contribution in [0.25, 0.3) is 0 Å². The Kier molecular flexibility index (Phi) is 5.98. The number of anilines is 1. The third-order valence-electron chi connectivity index (χ3n) is 3.67. The molecule has 0 atom stereocenters. The molecule has 8 nitrogen and oxygen atoms in total. The molecule has 9 heteroatoms. The van der Waals surface area contributed by atoms with Crippen LogP contribution in [-0.4, -0.2) is 39.7 Å². The molecule has 0 aliphatic heterocycles. The van der Waals surface area contributed by atoms with E-state index >= 15 is 0 Å². The van der Waals surface area contributed by atoms with Gasteiger partial charge in [-0.05, 0) is 32.6 Å². The topological polar surface area (TPSA) is 131 Å². The second-order valence-electron chi connectivity index (χ2n) is 5.41. The van der Waals surface area contributed by atoms with E-state index in [1.165, 1.54) is 6.20 Å². The van der Waals surface area contributed by atoms with Gasteiger partial charge < -0.3 is 15.8 Å². The van der Waals surface area contributed by atoms with Gasteiger partial charge in [-0.1, -0.05) is 11.8 Å². The van der Waals surface area contributed by atoms with Crippen molar-refractivity contribution in [1.29, 1.82) is 5.26 Å². The van der Waals surface area contributed by atoms with Crippen LogP contribution in [0.2, 0.25) is 0 Å². The fourth-order valence-corrected chi connectivity index (χ4v) is 3.11. The maximum atomic E-state index is 12.0. The van der Waals surface area contributed by atoms with Crippen molar-refractivity contribution in [1.82, 2.24) is 15.3 Å². The van der Waals surface area contributed by atoms with Crippen LogP contribution in [0.15, 0.2) is 11.4 Å². The molecule has 1 heterocycles. The first-order chi connectivity index (χ1) is 11.5. The highest BCUT2D eigenvalue weighted by Gasteiger charge is 2.35. The van der Waals surface area contributed by atoms with Crippen molar-refractivity contribution in [2.75, 3.05) is 18.1 Å². The number of carbonyl (C=O) groups is 2. The fraction of sp³-hybridized carbons (Fsp3) is 0.533. The van der Waals surface area contributed by atoms with Gasteiger partial charge in [-0.25, -0.2) is 14.8 Å². The zero-order valence-corrected chi connectivity index (χ0v) is 14.2. The van der Waals surface area contributed by atoms with Gasteiger partial charge in [0.05, 0.1) is 18.4 Å². The van der Waals surface area contributed by atoms with Gasteiger partial charge in [0, 0.05) is 6.20 Å². The van der Waals surface area contributed by atoms with Crippen molar-refractivity contribution in [3.63, 3.8) is 0 Å². The molecular weight excluding hydrogens is 330 g/mol. The molecule has 0 bridgehead atoms. The van der Waals surface area contributed by atoms with Crippen molar-refractivity contribution >= 4 is 29.5 Å². The first-order valence-corrected chi connectivity index (χ1v) is 8.63. The summed E-state index contributed by atoms with van der Waals surface area (Å²) in [6.07, 6.45) is 4.52. The number of nitriles is 1. The fourth-order valence-electron chi connectivity index (χ4n) is 2.49. The van der Waals surface area contributed by atoms with E-state index in [1.807, 2.05) is 0 Å². The van der Waals surface area contributed by atoms with Crippen molar-refractivity contribution in [2.24, 2.45) is 0 Å². The van der Waals surface area contributed by atoms with E-state index < -0.39 is 11.5 Å². The minimum absolute atomic E-state index is 0.00986. The Morgan fingerprint density at radius 1 is 1.50 bits per heavy atom. The van der Waals surface area contributed by atoms with Crippen LogP contribution in [-0.2, 0) is 9.53 Å². The molecule has 1 aromatic rings. The molecule has 1 saturated carbocycles. The predicted molar refractivity (Wildman–Crippen MR) is 88.1 cm³/mol. The third kappa shape index (κ3) is 4.35. The van der Waals surface area contributed by atoms with E-state index in [1.54, 1.807) is 6.92 Å². The summed E-state index contributed by atoms with van der Waals surface area (Å²) in [6, 6.07) is 2.20. The molecule has 1 amide bonds. The molecule has 1 aliphatic carbocycles. The predicted octanol–water partition coefficient (Wildman–Crippen LogP) is 1.28. The summed E-state index contributed by atoms with van der Waals surface area (Å²) in [7, 11) is 0. The van der Waals surface area contributed by atoms with E-state index in [2.05, 4.69) is 21.4 Å². The number of nitrogens with two attached hydrogens (primary N) is 1.